The summed E-state index contributed by atoms with van der Waals surface area (Å²) in [5.74, 6) is 2.53. The minimum atomic E-state index is -0.515. The smallest absolute Gasteiger partial charge is 0.126 e. The molecule has 5 rings (SSSR count). The van der Waals surface area contributed by atoms with E-state index in [9.17, 15) is 8.78 Å². The molecule has 1 atom stereocenters. The maximum absolute atomic E-state index is 13.4. The zero-order valence-electron chi connectivity index (χ0n) is 11.6. The fraction of sp³-hybridized carbons (Fsp3) is 0.647. The van der Waals surface area contributed by atoms with Gasteiger partial charge in [0.05, 0.1) is 0 Å². The number of hydrogen-bond donors (Lipinski definition) is 1. The Kier molecular flexibility index (Phi) is 2.88. The van der Waals surface area contributed by atoms with Crippen molar-refractivity contribution in [3.8, 4) is 0 Å². The highest BCUT2D eigenvalue weighted by atomic mass is 19.1. The third-order valence-electron chi connectivity index (χ3n) is 5.98. The van der Waals surface area contributed by atoms with Crippen LogP contribution >= 0.6 is 0 Å². The van der Waals surface area contributed by atoms with Crippen LogP contribution in [0.15, 0.2) is 18.2 Å². The molecular formula is C17H21F2N. The molecule has 1 nitrogen and oxygen atoms in total. The molecule has 0 radical (unpaired) electrons. The Hall–Kier alpha value is -0.960. The summed E-state index contributed by atoms with van der Waals surface area (Å²) in [6, 6.07) is 3.54. The van der Waals surface area contributed by atoms with Crippen LogP contribution in [-0.2, 0) is 0 Å². The molecule has 108 valence electrons. The van der Waals surface area contributed by atoms with Gasteiger partial charge in [-0.2, -0.15) is 0 Å². The first-order chi connectivity index (χ1) is 9.60. The van der Waals surface area contributed by atoms with Crippen molar-refractivity contribution in [3.63, 3.8) is 0 Å². The monoisotopic (exact) mass is 277 g/mol. The molecule has 3 heteroatoms. The lowest BCUT2D eigenvalue weighted by Crippen LogP contribution is -2.48. The van der Waals surface area contributed by atoms with Crippen molar-refractivity contribution in [2.45, 2.75) is 38.1 Å². The molecule has 4 bridgehead atoms. The Labute approximate surface area is 118 Å². The molecule has 0 heterocycles. The largest absolute Gasteiger partial charge is 0.324 e. The Morgan fingerprint density at radius 1 is 0.850 bits per heavy atom. The summed E-state index contributed by atoms with van der Waals surface area (Å²) in [5, 5.41) is 0. The van der Waals surface area contributed by atoms with Crippen molar-refractivity contribution < 1.29 is 8.78 Å². The van der Waals surface area contributed by atoms with Gasteiger partial charge >= 0.3 is 0 Å². The van der Waals surface area contributed by atoms with Gasteiger partial charge in [0.25, 0.3) is 0 Å². The van der Waals surface area contributed by atoms with Crippen LogP contribution in [0.3, 0.4) is 0 Å². The second-order valence-corrected chi connectivity index (χ2v) is 7.24. The fourth-order valence-corrected chi connectivity index (χ4v) is 5.54. The van der Waals surface area contributed by atoms with Crippen LogP contribution in [0.1, 0.15) is 43.7 Å². The normalized spacial score (nSPS) is 40.0. The third-order valence-corrected chi connectivity index (χ3v) is 5.98. The van der Waals surface area contributed by atoms with Crippen molar-refractivity contribution >= 4 is 0 Å². The van der Waals surface area contributed by atoms with Crippen LogP contribution in [0.25, 0.3) is 0 Å². The standard InChI is InChI=1S/C17H21F2N/c18-14-6-13(7-15(19)8-14)17(20)16-11-2-9-1-10(4-11)5-12(16)3-9/h6-12,16-17H,1-5,20H2. The van der Waals surface area contributed by atoms with E-state index in [0.29, 0.717) is 23.3 Å². The van der Waals surface area contributed by atoms with E-state index in [1.54, 1.807) is 0 Å². The lowest BCUT2D eigenvalue weighted by Gasteiger charge is -2.56. The molecule has 0 spiro atoms. The lowest BCUT2D eigenvalue weighted by atomic mass is 9.50. The second kappa shape index (κ2) is 4.52. The molecule has 0 aliphatic heterocycles. The first kappa shape index (κ1) is 12.8. The van der Waals surface area contributed by atoms with Crippen LogP contribution in [0.5, 0.6) is 0 Å². The molecule has 4 aliphatic carbocycles. The van der Waals surface area contributed by atoms with E-state index in [-0.39, 0.29) is 6.04 Å². The SMILES string of the molecule is NC(c1cc(F)cc(F)c1)C1C2CC3CC(C2)CC1C3. The van der Waals surface area contributed by atoms with Gasteiger partial charge in [-0.1, -0.05) is 0 Å². The van der Waals surface area contributed by atoms with Gasteiger partial charge in [0.15, 0.2) is 0 Å². The minimum absolute atomic E-state index is 0.213. The molecule has 0 amide bonds. The molecule has 0 saturated heterocycles. The van der Waals surface area contributed by atoms with E-state index in [1.807, 2.05) is 0 Å². The number of rotatable bonds is 2. The summed E-state index contributed by atoms with van der Waals surface area (Å²) < 4.78 is 26.8. The van der Waals surface area contributed by atoms with Crippen molar-refractivity contribution in [2.75, 3.05) is 0 Å². The van der Waals surface area contributed by atoms with E-state index in [1.165, 1.54) is 44.2 Å². The molecule has 4 saturated carbocycles. The Balaban J connectivity index is 1.63. The summed E-state index contributed by atoms with van der Waals surface area (Å²) >= 11 is 0. The van der Waals surface area contributed by atoms with Crippen molar-refractivity contribution in [2.24, 2.45) is 35.3 Å². The summed E-state index contributed by atoms with van der Waals surface area (Å²) in [7, 11) is 0. The van der Waals surface area contributed by atoms with Gasteiger partial charge in [0.2, 0.25) is 0 Å². The van der Waals surface area contributed by atoms with E-state index >= 15 is 0 Å². The summed E-state index contributed by atoms with van der Waals surface area (Å²) in [4.78, 5) is 0. The van der Waals surface area contributed by atoms with Crippen molar-refractivity contribution in [3.05, 3.63) is 35.4 Å². The summed E-state index contributed by atoms with van der Waals surface area (Å²) in [5.41, 5.74) is 7.06. The second-order valence-electron chi connectivity index (χ2n) is 7.24. The fourth-order valence-electron chi connectivity index (χ4n) is 5.54. The van der Waals surface area contributed by atoms with Crippen LogP contribution in [0.4, 0.5) is 8.78 Å². The molecule has 4 fully saturated rings. The van der Waals surface area contributed by atoms with Gasteiger partial charge in [-0.3, -0.25) is 0 Å². The highest BCUT2D eigenvalue weighted by molar-refractivity contribution is 5.23. The maximum Gasteiger partial charge on any atom is 0.126 e. The molecule has 1 aromatic carbocycles. The van der Waals surface area contributed by atoms with Crippen LogP contribution < -0.4 is 5.73 Å². The zero-order valence-corrected chi connectivity index (χ0v) is 11.6. The molecule has 4 aliphatic rings. The Morgan fingerprint density at radius 3 is 1.85 bits per heavy atom. The zero-order chi connectivity index (χ0) is 13.9. The average Bonchev–Trinajstić information content (AvgIpc) is 2.35. The quantitative estimate of drug-likeness (QED) is 0.867. The van der Waals surface area contributed by atoms with Gasteiger partial charge in [-0.05, 0) is 79.4 Å². The third kappa shape index (κ3) is 1.98. The van der Waals surface area contributed by atoms with Gasteiger partial charge in [-0.25, -0.2) is 8.78 Å². The maximum atomic E-state index is 13.4. The molecule has 1 unspecified atom stereocenters. The average molecular weight is 277 g/mol. The van der Waals surface area contributed by atoms with E-state index < -0.39 is 11.6 Å². The highest BCUT2D eigenvalue weighted by Crippen LogP contribution is 2.58. The van der Waals surface area contributed by atoms with E-state index in [4.69, 9.17) is 5.73 Å². The minimum Gasteiger partial charge on any atom is -0.324 e. The number of halogens is 2. The first-order valence-electron chi connectivity index (χ1n) is 7.81. The van der Waals surface area contributed by atoms with Gasteiger partial charge in [0.1, 0.15) is 11.6 Å². The van der Waals surface area contributed by atoms with Gasteiger partial charge in [-0.15, -0.1) is 0 Å². The molecule has 2 N–H and O–H groups in total. The first-order valence-corrected chi connectivity index (χ1v) is 7.81. The number of nitrogens with two attached hydrogens (primary N) is 1. The van der Waals surface area contributed by atoms with Crippen molar-refractivity contribution in [1.29, 1.82) is 0 Å². The van der Waals surface area contributed by atoms with Gasteiger partial charge in [0, 0.05) is 12.1 Å². The van der Waals surface area contributed by atoms with Crippen LogP contribution in [-0.4, -0.2) is 0 Å². The molecule has 0 aromatic heterocycles. The van der Waals surface area contributed by atoms with Gasteiger partial charge < -0.3 is 5.73 Å². The Morgan fingerprint density at radius 2 is 1.35 bits per heavy atom. The predicted molar refractivity (Wildman–Crippen MR) is 73.8 cm³/mol. The number of hydrogen-bond acceptors (Lipinski definition) is 1. The van der Waals surface area contributed by atoms with E-state index in [2.05, 4.69) is 0 Å². The molecular weight excluding hydrogens is 256 g/mol. The van der Waals surface area contributed by atoms with Crippen LogP contribution in [0.2, 0.25) is 0 Å². The topological polar surface area (TPSA) is 26.0 Å². The Bertz CT molecular complexity index is 479. The molecule has 1 aromatic rings. The van der Waals surface area contributed by atoms with E-state index in [0.717, 1.165) is 17.9 Å². The summed E-state index contributed by atoms with van der Waals surface area (Å²) in [6.07, 6.45) is 6.53. The lowest BCUT2D eigenvalue weighted by molar-refractivity contribution is -0.0472. The predicted octanol–water partition coefficient (Wildman–Crippen LogP) is 4.04. The molecule has 20 heavy (non-hydrogen) atoms. The summed E-state index contributed by atoms with van der Waals surface area (Å²) in [6.45, 7) is 0. The van der Waals surface area contributed by atoms with Crippen molar-refractivity contribution in [1.82, 2.24) is 0 Å². The van der Waals surface area contributed by atoms with Crippen LogP contribution in [0, 0.1) is 41.2 Å². The number of benzene rings is 1. The highest BCUT2D eigenvalue weighted by Gasteiger charge is 2.50.